The van der Waals surface area contributed by atoms with E-state index in [4.69, 9.17) is 15.6 Å². The summed E-state index contributed by atoms with van der Waals surface area (Å²) in [5, 5.41) is 5.73. The smallest absolute Gasteiger partial charge is 0.246 e. The number of nitrogens with zero attached hydrogens (tertiary/aromatic N) is 5. The summed E-state index contributed by atoms with van der Waals surface area (Å²) in [5.41, 5.74) is 11.2. The summed E-state index contributed by atoms with van der Waals surface area (Å²) in [4.78, 5) is 22.8. The largest absolute Gasteiger partial charge is 0.457 e. The summed E-state index contributed by atoms with van der Waals surface area (Å²) in [5.74, 6) is 1.85. The first kappa shape index (κ1) is 21.1. The van der Waals surface area contributed by atoms with Gasteiger partial charge in [-0.25, -0.2) is 14.6 Å². The van der Waals surface area contributed by atoms with E-state index in [0.29, 0.717) is 24.6 Å². The minimum Gasteiger partial charge on any atom is -0.457 e. The Labute approximate surface area is 202 Å². The Hall–Kier alpha value is -4.46. The van der Waals surface area contributed by atoms with Crippen molar-refractivity contribution in [2.45, 2.75) is 18.9 Å². The topological polar surface area (TPSA) is 99.2 Å². The molecule has 1 aliphatic carbocycles. The molecule has 4 aromatic rings. The molecule has 0 spiro atoms. The maximum absolute atomic E-state index is 12.2. The van der Waals surface area contributed by atoms with Crippen LogP contribution in [-0.4, -0.2) is 43.6 Å². The average molecular weight is 465 g/mol. The van der Waals surface area contributed by atoms with Gasteiger partial charge in [0.05, 0.1) is 11.4 Å². The van der Waals surface area contributed by atoms with Crippen LogP contribution in [0.1, 0.15) is 18.9 Å². The van der Waals surface area contributed by atoms with Crippen molar-refractivity contribution >= 4 is 22.8 Å². The second-order valence-electron chi connectivity index (χ2n) is 8.77. The summed E-state index contributed by atoms with van der Waals surface area (Å²) in [6.07, 6.45) is 4.70. The van der Waals surface area contributed by atoms with E-state index >= 15 is 0 Å². The minimum absolute atomic E-state index is 0.0267. The molecule has 6 rings (SSSR count). The Morgan fingerprint density at radius 2 is 1.83 bits per heavy atom. The van der Waals surface area contributed by atoms with Crippen molar-refractivity contribution < 1.29 is 9.53 Å². The Balaban J connectivity index is 1.36. The molecule has 2 N–H and O–H groups in total. The lowest BCUT2D eigenvalue weighted by Crippen LogP contribution is -2.29. The Morgan fingerprint density at radius 1 is 1.06 bits per heavy atom. The van der Waals surface area contributed by atoms with Gasteiger partial charge in [-0.05, 0) is 66.5 Å². The third-order valence-electron chi connectivity index (χ3n) is 6.73. The van der Waals surface area contributed by atoms with Crippen molar-refractivity contribution in [1.82, 2.24) is 24.6 Å². The normalized spacial score (nSPS) is 17.1. The number of likely N-dealkylation sites (tertiary alicyclic amines) is 1. The molecule has 35 heavy (non-hydrogen) atoms. The van der Waals surface area contributed by atoms with E-state index < -0.39 is 0 Å². The van der Waals surface area contributed by atoms with Gasteiger partial charge in [0, 0.05) is 18.7 Å². The first-order chi connectivity index (χ1) is 17.1. The fourth-order valence-electron chi connectivity index (χ4n) is 5.05. The number of hydrogen-bond acceptors (Lipinski definition) is 6. The third-order valence-corrected chi connectivity index (χ3v) is 6.73. The van der Waals surface area contributed by atoms with Gasteiger partial charge in [-0.2, -0.15) is 5.10 Å². The highest BCUT2D eigenvalue weighted by Gasteiger charge is 2.36. The standard InChI is InChI=1S/C27H24N6O2/c1-2-23(34)32-14-18-10-13-22(21(18)15-32)33-27-24(26(28)29-16-30-27)25(31-33)17-8-11-20(12-9-17)35-19-6-4-3-5-7-19/h2-9,11-12,16,22H,1,10,13-15H2,(H2,28,29,30). The highest BCUT2D eigenvalue weighted by molar-refractivity contribution is 5.98. The monoisotopic (exact) mass is 464 g/mol. The van der Waals surface area contributed by atoms with Gasteiger partial charge < -0.3 is 15.4 Å². The van der Waals surface area contributed by atoms with Crippen LogP contribution in [-0.2, 0) is 4.79 Å². The fraction of sp³-hybridized carbons (Fsp3) is 0.185. The lowest BCUT2D eigenvalue weighted by Gasteiger charge is -2.20. The molecule has 0 fully saturated rings. The van der Waals surface area contributed by atoms with Crippen molar-refractivity contribution in [3.8, 4) is 22.8 Å². The van der Waals surface area contributed by atoms with E-state index in [1.54, 1.807) is 0 Å². The number of carbonyl (C=O) groups is 1. The molecule has 3 heterocycles. The molecule has 2 aromatic carbocycles. The number of aromatic nitrogens is 4. The van der Waals surface area contributed by atoms with Crippen LogP contribution in [0.5, 0.6) is 11.5 Å². The quantitative estimate of drug-likeness (QED) is 0.344. The molecule has 1 aliphatic heterocycles. The van der Waals surface area contributed by atoms with Crippen LogP contribution in [0.15, 0.2) is 84.7 Å². The van der Waals surface area contributed by atoms with Gasteiger partial charge in [0.15, 0.2) is 5.65 Å². The minimum atomic E-state index is -0.0476. The van der Waals surface area contributed by atoms with Gasteiger partial charge in [-0.1, -0.05) is 24.8 Å². The van der Waals surface area contributed by atoms with Crippen molar-refractivity contribution in [3.05, 3.63) is 84.7 Å². The van der Waals surface area contributed by atoms with E-state index in [2.05, 4.69) is 16.5 Å². The summed E-state index contributed by atoms with van der Waals surface area (Å²) in [7, 11) is 0. The van der Waals surface area contributed by atoms with Gasteiger partial charge >= 0.3 is 0 Å². The molecule has 1 amide bonds. The number of amides is 1. The summed E-state index contributed by atoms with van der Waals surface area (Å²) >= 11 is 0. The van der Waals surface area contributed by atoms with Gasteiger partial charge in [-0.3, -0.25) is 4.79 Å². The molecular formula is C27H24N6O2. The molecule has 0 saturated heterocycles. The maximum atomic E-state index is 12.2. The molecule has 2 aromatic heterocycles. The summed E-state index contributed by atoms with van der Waals surface area (Å²) in [6, 6.07) is 17.5. The number of ether oxygens (including phenoxy) is 1. The van der Waals surface area contributed by atoms with Gasteiger partial charge in [0.2, 0.25) is 5.91 Å². The number of rotatable bonds is 5. The molecular weight excluding hydrogens is 440 g/mol. The predicted molar refractivity (Wildman–Crippen MR) is 134 cm³/mol. The van der Waals surface area contributed by atoms with Crippen LogP contribution >= 0.6 is 0 Å². The van der Waals surface area contributed by atoms with Crippen molar-refractivity contribution in [2.75, 3.05) is 18.8 Å². The fourth-order valence-corrected chi connectivity index (χ4v) is 5.05. The molecule has 0 bridgehead atoms. The molecule has 2 aliphatic rings. The van der Waals surface area contributed by atoms with Gasteiger partial charge in [0.1, 0.15) is 29.3 Å². The Bertz CT molecular complexity index is 1470. The van der Waals surface area contributed by atoms with Crippen LogP contribution in [0.3, 0.4) is 0 Å². The van der Waals surface area contributed by atoms with Crippen molar-refractivity contribution in [2.24, 2.45) is 0 Å². The molecule has 0 saturated carbocycles. The number of nitrogens with two attached hydrogens (primary N) is 1. The SMILES string of the molecule is C=CC(=O)N1CC2=C(C1)C(n1nc(-c3ccc(Oc4ccccc4)cc3)c3c(N)ncnc31)CC2. The number of benzene rings is 2. The van der Waals surface area contributed by atoms with Crippen LogP contribution in [0.4, 0.5) is 5.82 Å². The highest BCUT2D eigenvalue weighted by atomic mass is 16.5. The van der Waals surface area contributed by atoms with Crippen LogP contribution in [0, 0.1) is 0 Å². The molecule has 174 valence electrons. The zero-order valence-corrected chi connectivity index (χ0v) is 19.1. The predicted octanol–water partition coefficient (Wildman–Crippen LogP) is 4.53. The van der Waals surface area contributed by atoms with E-state index in [1.807, 2.05) is 64.2 Å². The number of anilines is 1. The van der Waals surface area contributed by atoms with E-state index in [-0.39, 0.29) is 11.9 Å². The van der Waals surface area contributed by atoms with Crippen LogP contribution in [0.2, 0.25) is 0 Å². The average Bonchev–Trinajstić information content (AvgIpc) is 3.58. The van der Waals surface area contributed by atoms with Gasteiger partial charge in [-0.15, -0.1) is 0 Å². The van der Waals surface area contributed by atoms with E-state index in [9.17, 15) is 4.79 Å². The Kier molecular flexibility index (Phi) is 5.06. The first-order valence-electron chi connectivity index (χ1n) is 11.6. The summed E-state index contributed by atoms with van der Waals surface area (Å²) < 4.78 is 7.89. The number of carbonyl (C=O) groups excluding carboxylic acids is 1. The van der Waals surface area contributed by atoms with Crippen LogP contribution < -0.4 is 10.5 Å². The van der Waals surface area contributed by atoms with E-state index in [1.165, 1.54) is 23.5 Å². The van der Waals surface area contributed by atoms with E-state index in [0.717, 1.165) is 41.0 Å². The van der Waals surface area contributed by atoms with Gasteiger partial charge in [0.25, 0.3) is 0 Å². The molecule has 1 atom stereocenters. The second-order valence-corrected chi connectivity index (χ2v) is 8.77. The molecule has 8 heteroatoms. The number of nitrogen functional groups attached to an aromatic ring is 1. The Morgan fingerprint density at radius 3 is 2.60 bits per heavy atom. The lowest BCUT2D eigenvalue weighted by atomic mass is 10.1. The lowest BCUT2D eigenvalue weighted by molar-refractivity contribution is -0.124. The second kappa shape index (κ2) is 8.39. The number of fused-ring (bicyclic) bond motifs is 1. The van der Waals surface area contributed by atoms with Crippen molar-refractivity contribution in [3.63, 3.8) is 0 Å². The number of para-hydroxylation sites is 1. The van der Waals surface area contributed by atoms with Crippen LogP contribution in [0.25, 0.3) is 22.3 Å². The summed E-state index contributed by atoms with van der Waals surface area (Å²) in [6.45, 7) is 4.87. The zero-order valence-electron chi connectivity index (χ0n) is 19.1. The van der Waals surface area contributed by atoms with Crippen molar-refractivity contribution in [1.29, 1.82) is 0 Å². The first-order valence-corrected chi connectivity index (χ1v) is 11.6. The number of hydrogen-bond donors (Lipinski definition) is 1. The third kappa shape index (κ3) is 3.63. The molecule has 0 radical (unpaired) electrons. The molecule has 8 nitrogen and oxygen atoms in total. The maximum Gasteiger partial charge on any atom is 0.246 e. The molecule has 1 unspecified atom stereocenters. The zero-order chi connectivity index (χ0) is 23.9. The highest BCUT2D eigenvalue weighted by Crippen LogP contribution is 2.43.